The van der Waals surface area contributed by atoms with Crippen molar-refractivity contribution in [3.05, 3.63) is 22.7 Å². The number of ether oxygens (including phenoxy) is 1. The van der Waals surface area contributed by atoms with Gasteiger partial charge in [-0.1, -0.05) is 22.2 Å². The summed E-state index contributed by atoms with van der Waals surface area (Å²) in [6.45, 7) is 4.66. The summed E-state index contributed by atoms with van der Waals surface area (Å²) < 4.78 is 9.53. The highest BCUT2D eigenvalue weighted by Crippen LogP contribution is 2.17. The average molecular weight is 205 g/mol. The van der Waals surface area contributed by atoms with E-state index in [4.69, 9.17) is 16.3 Å². The van der Waals surface area contributed by atoms with Crippen molar-refractivity contribution >= 4 is 23.1 Å². The highest BCUT2D eigenvalue weighted by atomic mass is 35.5. The lowest BCUT2D eigenvalue weighted by atomic mass is 10.4. The molecule has 0 unspecified atom stereocenters. The van der Waals surface area contributed by atoms with Crippen molar-refractivity contribution in [3.63, 3.8) is 0 Å². The molecule has 0 spiro atoms. The van der Waals surface area contributed by atoms with Crippen LogP contribution in [0.5, 0.6) is 0 Å². The number of hydrogen-bond acceptors (Lipinski definition) is 4. The lowest BCUT2D eigenvalue weighted by Gasteiger charge is -1.97. The molecule has 1 aromatic heterocycles. The van der Waals surface area contributed by atoms with Gasteiger partial charge in [0.1, 0.15) is 10.0 Å². The van der Waals surface area contributed by atoms with E-state index in [2.05, 4.69) is 16.2 Å². The van der Waals surface area contributed by atoms with Crippen molar-refractivity contribution in [1.82, 2.24) is 9.59 Å². The van der Waals surface area contributed by atoms with Crippen molar-refractivity contribution in [1.29, 1.82) is 0 Å². The molecule has 0 aliphatic heterocycles. The first-order valence-electron chi connectivity index (χ1n) is 3.50. The van der Waals surface area contributed by atoms with E-state index >= 15 is 0 Å². The molecule has 0 aromatic carbocycles. The zero-order valence-electron chi connectivity index (χ0n) is 6.49. The van der Waals surface area contributed by atoms with Crippen molar-refractivity contribution < 1.29 is 4.74 Å². The second kappa shape index (κ2) is 5.24. The van der Waals surface area contributed by atoms with E-state index in [-0.39, 0.29) is 0 Å². The molecule has 5 heteroatoms. The quantitative estimate of drug-likeness (QED) is 0.545. The van der Waals surface area contributed by atoms with E-state index in [1.54, 1.807) is 6.08 Å². The largest absolute Gasteiger partial charge is 0.375 e. The number of halogens is 1. The van der Waals surface area contributed by atoms with E-state index < -0.39 is 0 Å². The minimum absolute atomic E-state index is 0.434. The molecule has 1 aromatic rings. The van der Waals surface area contributed by atoms with Gasteiger partial charge in [0.2, 0.25) is 0 Å². The van der Waals surface area contributed by atoms with Crippen molar-refractivity contribution in [2.45, 2.75) is 13.0 Å². The third kappa shape index (κ3) is 2.89. The smallest absolute Gasteiger partial charge is 0.139 e. The summed E-state index contributed by atoms with van der Waals surface area (Å²) in [5, 5.41) is 3.80. The van der Waals surface area contributed by atoms with Gasteiger partial charge in [-0.3, -0.25) is 0 Å². The van der Waals surface area contributed by atoms with Gasteiger partial charge in [0, 0.05) is 11.5 Å². The molecule has 0 aliphatic rings. The molecule has 12 heavy (non-hydrogen) atoms. The van der Waals surface area contributed by atoms with E-state index in [1.165, 1.54) is 11.5 Å². The van der Waals surface area contributed by atoms with Crippen LogP contribution in [-0.4, -0.2) is 16.2 Å². The second-order valence-corrected chi connectivity index (χ2v) is 3.48. The molecule has 0 atom stereocenters. The average Bonchev–Trinajstić information content (AvgIpc) is 2.46. The lowest BCUT2D eigenvalue weighted by molar-refractivity contribution is 0.123. The van der Waals surface area contributed by atoms with Gasteiger partial charge in [-0.25, -0.2) is 0 Å². The molecular weight excluding hydrogens is 196 g/mol. The first kappa shape index (κ1) is 9.64. The van der Waals surface area contributed by atoms with Crippen LogP contribution in [0.3, 0.4) is 0 Å². The number of aromatic nitrogens is 2. The summed E-state index contributed by atoms with van der Waals surface area (Å²) in [5.41, 5.74) is 0.714. The molecule has 0 bridgehead atoms. The predicted octanol–water partition coefficient (Wildman–Crippen LogP) is 2.28. The Morgan fingerprint density at radius 3 is 3.08 bits per heavy atom. The van der Waals surface area contributed by atoms with E-state index in [1.807, 2.05) is 0 Å². The van der Waals surface area contributed by atoms with E-state index in [0.29, 0.717) is 23.2 Å². The summed E-state index contributed by atoms with van der Waals surface area (Å²) in [4.78, 5) is 0. The number of nitrogens with zero attached hydrogens (tertiary/aromatic N) is 2. The Bertz CT molecular complexity index is 251. The zero-order chi connectivity index (χ0) is 8.81. The van der Waals surface area contributed by atoms with Crippen LogP contribution in [0.2, 0.25) is 4.34 Å². The Morgan fingerprint density at radius 2 is 2.50 bits per heavy atom. The minimum Gasteiger partial charge on any atom is -0.375 e. The SMILES string of the molecule is C=CCCOCc1nnsc1Cl. The monoisotopic (exact) mass is 204 g/mol. The third-order valence-electron chi connectivity index (χ3n) is 1.21. The zero-order valence-corrected chi connectivity index (χ0v) is 8.07. The third-order valence-corrected chi connectivity index (χ3v) is 2.20. The van der Waals surface area contributed by atoms with Crippen LogP contribution in [0, 0.1) is 0 Å². The standard InChI is InChI=1S/C7H9ClN2OS/c1-2-3-4-11-5-6-7(8)12-10-9-6/h2H,1,3-5H2. The highest BCUT2D eigenvalue weighted by Gasteiger charge is 2.03. The van der Waals surface area contributed by atoms with Crippen LogP contribution >= 0.6 is 23.1 Å². The molecule has 0 saturated carbocycles. The fraction of sp³-hybridized carbons (Fsp3) is 0.429. The normalized spacial score (nSPS) is 10.1. The van der Waals surface area contributed by atoms with Crippen LogP contribution in [0.4, 0.5) is 0 Å². The first-order chi connectivity index (χ1) is 5.84. The maximum atomic E-state index is 5.75. The molecule has 0 amide bonds. The number of hydrogen-bond donors (Lipinski definition) is 0. The van der Waals surface area contributed by atoms with Crippen molar-refractivity contribution in [2.75, 3.05) is 6.61 Å². The van der Waals surface area contributed by atoms with Gasteiger partial charge in [0.05, 0.1) is 13.2 Å². The maximum absolute atomic E-state index is 5.75. The van der Waals surface area contributed by atoms with Gasteiger partial charge in [-0.05, 0) is 6.42 Å². The molecular formula is C7H9ClN2OS. The molecule has 0 fully saturated rings. The van der Waals surface area contributed by atoms with Gasteiger partial charge in [-0.2, -0.15) is 0 Å². The van der Waals surface area contributed by atoms with Crippen LogP contribution < -0.4 is 0 Å². The topological polar surface area (TPSA) is 35.0 Å². The molecule has 0 N–H and O–H groups in total. The lowest BCUT2D eigenvalue weighted by Crippen LogP contribution is -1.95. The second-order valence-electron chi connectivity index (χ2n) is 2.12. The Hall–Kier alpha value is -0.450. The Kier molecular flexibility index (Phi) is 4.21. The maximum Gasteiger partial charge on any atom is 0.139 e. The fourth-order valence-corrected chi connectivity index (χ4v) is 1.22. The summed E-state index contributed by atoms with van der Waals surface area (Å²) >= 11 is 6.92. The number of rotatable bonds is 5. The van der Waals surface area contributed by atoms with Crippen molar-refractivity contribution in [3.8, 4) is 0 Å². The molecule has 3 nitrogen and oxygen atoms in total. The van der Waals surface area contributed by atoms with Gasteiger partial charge < -0.3 is 4.74 Å². The highest BCUT2D eigenvalue weighted by molar-refractivity contribution is 7.10. The van der Waals surface area contributed by atoms with E-state index in [9.17, 15) is 0 Å². The Labute approximate surface area is 80.2 Å². The van der Waals surface area contributed by atoms with Crippen LogP contribution in [0.25, 0.3) is 0 Å². The molecule has 0 aliphatic carbocycles. The Balaban J connectivity index is 2.24. The molecule has 0 radical (unpaired) electrons. The summed E-state index contributed by atoms with van der Waals surface area (Å²) in [6, 6.07) is 0. The van der Waals surface area contributed by atoms with Crippen LogP contribution in [-0.2, 0) is 11.3 Å². The summed E-state index contributed by atoms with van der Waals surface area (Å²) in [7, 11) is 0. The molecule has 0 saturated heterocycles. The summed E-state index contributed by atoms with van der Waals surface area (Å²) in [6.07, 6.45) is 2.65. The fourth-order valence-electron chi connectivity index (χ4n) is 0.619. The minimum atomic E-state index is 0.434. The summed E-state index contributed by atoms with van der Waals surface area (Å²) in [5.74, 6) is 0. The van der Waals surface area contributed by atoms with Gasteiger partial charge >= 0.3 is 0 Å². The van der Waals surface area contributed by atoms with Crippen LogP contribution in [0.1, 0.15) is 12.1 Å². The van der Waals surface area contributed by atoms with Gasteiger partial charge in [-0.15, -0.1) is 11.7 Å². The van der Waals surface area contributed by atoms with E-state index in [0.717, 1.165) is 6.42 Å². The van der Waals surface area contributed by atoms with Crippen molar-refractivity contribution in [2.24, 2.45) is 0 Å². The predicted molar refractivity (Wildman–Crippen MR) is 49.4 cm³/mol. The molecule has 1 heterocycles. The van der Waals surface area contributed by atoms with Gasteiger partial charge in [0.25, 0.3) is 0 Å². The first-order valence-corrected chi connectivity index (χ1v) is 4.65. The molecule has 66 valence electrons. The Morgan fingerprint density at radius 1 is 1.67 bits per heavy atom. The van der Waals surface area contributed by atoms with Crippen LogP contribution in [0.15, 0.2) is 12.7 Å². The molecule has 1 rings (SSSR count). The van der Waals surface area contributed by atoms with Gasteiger partial charge in [0.15, 0.2) is 0 Å².